The first-order valence-electron chi connectivity index (χ1n) is 2.99. The van der Waals surface area contributed by atoms with Gasteiger partial charge >= 0.3 is 5.69 Å². The Morgan fingerprint density at radius 3 is 2.58 bits per heavy atom. The van der Waals surface area contributed by atoms with Gasteiger partial charge in [0.05, 0.1) is 4.92 Å². The van der Waals surface area contributed by atoms with Gasteiger partial charge in [0, 0.05) is 5.56 Å². The molecule has 0 N–H and O–H groups in total. The molecule has 6 heteroatoms. The van der Waals surface area contributed by atoms with Gasteiger partial charge in [0.1, 0.15) is 4.60 Å². The van der Waals surface area contributed by atoms with Crippen LogP contribution in [0.25, 0.3) is 0 Å². The summed E-state index contributed by atoms with van der Waals surface area (Å²) in [5, 5.41) is 10.5. The quantitative estimate of drug-likeness (QED) is 0.455. The molecule has 12 heavy (non-hydrogen) atoms. The van der Waals surface area contributed by atoms with Crippen LogP contribution in [-0.2, 0) is 0 Å². The predicted molar refractivity (Wildman–Crippen MR) is 51.0 cm³/mol. The molecule has 0 aliphatic heterocycles. The normalized spacial score (nSPS) is 9.92. The lowest BCUT2D eigenvalue weighted by molar-refractivity contribution is -0.386. The predicted octanol–water partition coefficient (Wildman–Crippen LogP) is 2.82. The number of hydrogen-bond donors (Lipinski definition) is 0. The highest BCUT2D eigenvalue weighted by Crippen LogP contribution is 2.28. The van der Waals surface area contributed by atoms with Crippen molar-refractivity contribution >= 4 is 37.5 Å². The first kappa shape index (κ1) is 9.60. The molecular weight excluding hydrogens is 292 g/mol. The Hall–Kier alpha value is -0.490. The van der Waals surface area contributed by atoms with Crippen molar-refractivity contribution in [3.8, 4) is 0 Å². The van der Waals surface area contributed by atoms with Gasteiger partial charge in [-0.05, 0) is 44.8 Å². The highest BCUT2D eigenvalue weighted by atomic mass is 79.9. The van der Waals surface area contributed by atoms with Gasteiger partial charge in [0.2, 0.25) is 0 Å². The Balaban J connectivity index is 3.38. The van der Waals surface area contributed by atoms with Gasteiger partial charge in [0.15, 0.2) is 4.60 Å². The number of nitro groups is 1. The number of aromatic nitrogens is 1. The van der Waals surface area contributed by atoms with Crippen LogP contribution in [0.4, 0.5) is 5.69 Å². The van der Waals surface area contributed by atoms with Crippen molar-refractivity contribution in [1.82, 2.24) is 4.98 Å². The molecule has 0 atom stereocenters. The summed E-state index contributed by atoms with van der Waals surface area (Å²) in [6, 6.07) is 1.60. The van der Waals surface area contributed by atoms with Crippen LogP contribution in [0.5, 0.6) is 0 Å². The first-order chi connectivity index (χ1) is 5.52. The Kier molecular flexibility index (Phi) is 2.79. The summed E-state index contributed by atoms with van der Waals surface area (Å²) in [4.78, 5) is 13.9. The standard InChI is InChI=1S/C6H4Br2N2O2/c1-3-2-4(7)9-6(8)5(3)10(11)12/h2H,1H3. The van der Waals surface area contributed by atoms with E-state index in [4.69, 9.17) is 0 Å². The number of pyridine rings is 1. The van der Waals surface area contributed by atoms with Crippen molar-refractivity contribution in [2.24, 2.45) is 0 Å². The second-order valence-corrected chi connectivity index (χ2v) is 3.72. The van der Waals surface area contributed by atoms with Crippen LogP contribution in [0.3, 0.4) is 0 Å². The van der Waals surface area contributed by atoms with E-state index in [1.165, 1.54) is 0 Å². The van der Waals surface area contributed by atoms with E-state index < -0.39 is 4.92 Å². The second-order valence-electron chi connectivity index (χ2n) is 2.16. The van der Waals surface area contributed by atoms with Crippen LogP contribution in [0.2, 0.25) is 0 Å². The lowest BCUT2D eigenvalue weighted by Gasteiger charge is -1.98. The number of aryl methyl sites for hydroxylation is 1. The van der Waals surface area contributed by atoms with Gasteiger partial charge in [-0.3, -0.25) is 10.1 Å². The highest BCUT2D eigenvalue weighted by Gasteiger charge is 2.17. The fourth-order valence-electron chi connectivity index (χ4n) is 0.808. The average Bonchev–Trinajstić information content (AvgIpc) is 1.82. The molecule has 0 spiro atoms. The van der Waals surface area contributed by atoms with Gasteiger partial charge < -0.3 is 0 Å². The average molecular weight is 296 g/mol. The number of rotatable bonds is 1. The number of halogens is 2. The SMILES string of the molecule is Cc1cc(Br)nc(Br)c1[N+](=O)[O-]. The molecule has 0 bridgehead atoms. The van der Waals surface area contributed by atoms with Crippen molar-refractivity contribution in [3.05, 3.63) is 31.0 Å². The highest BCUT2D eigenvalue weighted by molar-refractivity contribution is 9.11. The van der Waals surface area contributed by atoms with Gasteiger partial charge in [-0.2, -0.15) is 0 Å². The zero-order valence-electron chi connectivity index (χ0n) is 6.04. The molecule has 0 aromatic carbocycles. The van der Waals surface area contributed by atoms with Gasteiger partial charge in [-0.25, -0.2) is 4.98 Å². The van der Waals surface area contributed by atoms with E-state index in [1.807, 2.05) is 0 Å². The maximum absolute atomic E-state index is 10.5. The van der Waals surface area contributed by atoms with Crippen molar-refractivity contribution < 1.29 is 4.92 Å². The fraction of sp³-hybridized carbons (Fsp3) is 0.167. The minimum atomic E-state index is -0.459. The van der Waals surface area contributed by atoms with Gasteiger partial charge in [0.25, 0.3) is 0 Å². The van der Waals surface area contributed by atoms with Crippen molar-refractivity contribution in [2.75, 3.05) is 0 Å². The molecule has 0 unspecified atom stereocenters. The van der Waals surface area contributed by atoms with Crippen LogP contribution in [0, 0.1) is 17.0 Å². The Bertz CT molecular complexity index is 317. The van der Waals surface area contributed by atoms with Crippen LogP contribution in [0.15, 0.2) is 15.3 Å². The summed E-state index contributed by atoms with van der Waals surface area (Å²) in [5.41, 5.74) is 0.590. The Labute approximate surface area is 85.4 Å². The Morgan fingerprint density at radius 2 is 2.17 bits per heavy atom. The summed E-state index contributed by atoms with van der Waals surface area (Å²) in [6.45, 7) is 1.66. The van der Waals surface area contributed by atoms with E-state index in [0.717, 1.165) is 0 Å². The third kappa shape index (κ3) is 1.81. The third-order valence-electron chi connectivity index (χ3n) is 1.29. The molecule has 0 saturated heterocycles. The molecule has 0 amide bonds. The largest absolute Gasteiger partial charge is 0.304 e. The van der Waals surface area contributed by atoms with Crippen LogP contribution < -0.4 is 0 Å². The van der Waals surface area contributed by atoms with E-state index in [2.05, 4.69) is 36.8 Å². The molecule has 1 rings (SSSR count). The monoisotopic (exact) mass is 294 g/mol. The topological polar surface area (TPSA) is 56.0 Å². The van der Waals surface area contributed by atoms with Crippen LogP contribution in [-0.4, -0.2) is 9.91 Å². The number of hydrogen-bond acceptors (Lipinski definition) is 3. The molecule has 64 valence electrons. The molecule has 0 fully saturated rings. The summed E-state index contributed by atoms with van der Waals surface area (Å²) >= 11 is 6.15. The molecule has 4 nitrogen and oxygen atoms in total. The maximum Gasteiger partial charge on any atom is 0.304 e. The molecular formula is C6H4Br2N2O2. The molecule has 0 aliphatic rings. The van der Waals surface area contributed by atoms with E-state index >= 15 is 0 Å². The molecule has 0 radical (unpaired) electrons. The van der Waals surface area contributed by atoms with Crippen molar-refractivity contribution in [3.63, 3.8) is 0 Å². The molecule has 1 aromatic heterocycles. The lowest BCUT2D eigenvalue weighted by Crippen LogP contribution is -1.95. The summed E-state index contributed by atoms with van der Waals surface area (Å²) < 4.78 is 0.830. The van der Waals surface area contributed by atoms with E-state index in [9.17, 15) is 10.1 Å². The van der Waals surface area contributed by atoms with E-state index in [1.54, 1.807) is 13.0 Å². The minimum absolute atomic E-state index is 0.0122. The molecule has 0 aliphatic carbocycles. The molecule has 1 heterocycles. The summed E-state index contributed by atoms with van der Waals surface area (Å²) in [7, 11) is 0. The maximum atomic E-state index is 10.5. The summed E-state index contributed by atoms with van der Waals surface area (Å²) in [6.07, 6.45) is 0. The lowest BCUT2D eigenvalue weighted by atomic mass is 10.3. The van der Waals surface area contributed by atoms with Crippen molar-refractivity contribution in [1.29, 1.82) is 0 Å². The first-order valence-corrected chi connectivity index (χ1v) is 4.58. The smallest absolute Gasteiger partial charge is 0.258 e. The Morgan fingerprint density at radius 1 is 1.58 bits per heavy atom. The van der Waals surface area contributed by atoms with E-state index in [-0.39, 0.29) is 10.3 Å². The van der Waals surface area contributed by atoms with Gasteiger partial charge in [-0.1, -0.05) is 0 Å². The molecule has 0 saturated carbocycles. The molecule has 1 aromatic rings. The van der Waals surface area contributed by atoms with Crippen molar-refractivity contribution in [2.45, 2.75) is 6.92 Å². The zero-order chi connectivity index (χ0) is 9.30. The van der Waals surface area contributed by atoms with Crippen LogP contribution >= 0.6 is 31.9 Å². The second kappa shape index (κ2) is 3.49. The van der Waals surface area contributed by atoms with E-state index in [0.29, 0.717) is 10.2 Å². The zero-order valence-corrected chi connectivity index (χ0v) is 9.22. The third-order valence-corrected chi connectivity index (χ3v) is 2.25. The summed E-state index contributed by atoms with van der Waals surface area (Å²) in [5.74, 6) is 0. The van der Waals surface area contributed by atoms with Gasteiger partial charge in [-0.15, -0.1) is 0 Å². The van der Waals surface area contributed by atoms with Crippen LogP contribution in [0.1, 0.15) is 5.56 Å². The minimum Gasteiger partial charge on any atom is -0.258 e. The fourth-order valence-corrected chi connectivity index (χ4v) is 2.22. The number of nitrogens with zero attached hydrogens (tertiary/aromatic N) is 2.